The van der Waals surface area contributed by atoms with Crippen LogP contribution in [0.3, 0.4) is 0 Å². The standard InChI is InChI=1S/C21H25FN4O4/c22-16-10-15-12(11-26(21(15)29)17-1-2-19(27)24-20(17)28)7-18(16)30-14-8-13(9-14)25-5-3-23-4-6-25/h7,10,13-14,17,23H,1-6,8-9,11H2,(H,24,27,28)/t13-,14-,17?. The van der Waals surface area contributed by atoms with Gasteiger partial charge in [-0.25, -0.2) is 4.39 Å². The van der Waals surface area contributed by atoms with Crippen LogP contribution in [0, 0.1) is 5.82 Å². The Hall–Kier alpha value is -2.52. The predicted molar refractivity (Wildman–Crippen MR) is 104 cm³/mol. The molecule has 1 saturated carbocycles. The molecule has 9 heteroatoms. The minimum Gasteiger partial charge on any atom is -0.487 e. The summed E-state index contributed by atoms with van der Waals surface area (Å²) in [6.07, 6.45) is 2.19. The highest BCUT2D eigenvalue weighted by Crippen LogP contribution is 2.35. The van der Waals surface area contributed by atoms with Crippen LogP contribution in [0.2, 0.25) is 0 Å². The lowest BCUT2D eigenvalue weighted by atomic mass is 9.87. The zero-order valence-corrected chi connectivity index (χ0v) is 16.7. The van der Waals surface area contributed by atoms with Crippen LogP contribution in [0.4, 0.5) is 4.39 Å². The molecule has 1 atom stereocenters. The molecule has 0 aromatic heterocycles. The fourth-order valence-electron chi connectivity index (χ4n) is 4.82. The number of carbonyl (C=O) groups excluding carboxylic acids is 3. The zero-order valence-electron chi connectivity index (χ0n) is 16.7. The van der Waals surface area contributed by atoms with Crippen LogP contribution in [0.5, 0.6) is 5.75 Å². The van der Waals surface area contributed by atoms with E-state index >= 15 is 0 Å². The summed E-state index contributed by atoms with van der Waals surface area (Å²) in [6, 6.07) is 2.58. The Labute approximate surface area is 173 Å². The number of benzene rings is 1. The van der Waals surface area contributed by atoms with Crippen LogP contribution >= 0.6 is 0 Å². The van der Waals surface area contributed by atoms with Crippen molar-refractivity contribution in [3.63, 3.8) is 0 Å². The normalized spacial score (nSPS) is 29.4. The van der Waals surface area contributed by atoms with E-state index in [0.717, 1.165) is 39.0 Å². The summed E-state index contributed by atoms with van der Waals surface area (Å²) in [4.78, 5) is 40.1. The maximum absolute atomic E-state index is 14.6. The molecule has 0 spiro atoms. The number of piperidine rings is 1. The van der Waals surface area contributed by atoms with Gasteiger partial charge in [-0.1, -0.05) is 0 Å². The lowest BCUT2D eigenvalue weighted by molar-refractivity contribution is -0.136. The molecular weight excluding hydrogens is 391 g/mol. The molecule has 3 heterocycles. The molecular formula is C21H25FN4O4. The number of amides is 3. The second-order valence-electron chi connectivity index (χ2n) is 8.49. The average molecular weight is 416 g/mol. The van der Waals surface area contributed by atoms with E-state index in [0.29, 0.717) is 11.6 Å². The number of nitrogens with zero attached hydrogens (tertiary/aromatic N) is 2. The summed E-state index contributed by atoms with van der Waals surface area (Å²) in [5.74, 6) is -1.58. The van der Waals surface area contributed by atoms with E-state index in [2.05, 4.69) is 15.5 Å². The Bertz CT molecular complexity index is 895. The molecule has 2 saturated heterocycles. The quantitative estimate of drug-likeness (QED) is 0.691. The summed E-state index contributed by atoms with van der Waals surface area (Å²) < 4.78 is 20.6. The molecule has 2 N–H and O–H groups in total. The maximum atomic E-state index is 14.6. The first kappa shape index (κ1) is 19.4. The van der Waals surface area contributed by atoms with E-state index < -0.39 is 17.8 Å². The largest absolute Gasteiger partial charge is 0.487 e. The highest BCUT2D eigenvalue weighted by atomic mass is 19.1. The van der Waals surface area contributed by atoms with E-state index in [9.17, 15) is 18.8 Å². The van der Waals surface area contributed by atoms with Crippen molar-refractivity contribution in [2.75, 3.05) is 26.2 Å². The third-order valence-electron chi connectivity index (χ3n) is 6.61. The second-order valence-corrected chi connectivity index (χ2v) is 8.49. The Morgan fingerprint density at radius 2 is 1.87 bits per heavy atom. The lowest BCUT2D eigenvalue weighted by Crippen LogP contribution is -2.55. The van der Waals surface area contributed by atoms with E-state index in [-0.39, 0.29) is 48.6 Å². The van der Waals surface area contributed by atoms with E-state index in [4.69, 9.17) is 4.74 Å². The molecule has 1 unspecified atom stereocenters. The molecule has 3 aliphatic heterocycles. The number of piperazine rings is 1. The first-order valence-corrected chi connectivity index (χ1v) is 10.6. The van der Waals surface area contributed by atoms with Crippen LogP contribution in [0.1, 0.15) is 41.6 Å². The number of halogens is 1. The van der Waals surface area contributed by atoms with Gasteiger partial charge in [-0.2, -0.15) is 0 Å². The van der Waals surface area contributed by atoms with Crippen molar-refractivity contribution in [2.24, 2.45) is 0 Å². The molecule has 3 amide bonds. The van der Waals surface area contributed by atoms with Crippen LogP contribution < -0.4 is 15.4 Å². The van der Waals surface area contributed by atoms with Gasteiger partial charge in [0, 0.05) is 63.6 Å². The number of rotatable bonds is 4. The third-order valence-corrected chi connectivity index (χ3v) is 6.61. The molecule has 1 aromatic carbocycles. The smallest absolute Gasteiger partial charge is 0.255 e. The molecule has 0 bridgehead atoms. The number of hydrogen-bond donors (Lipinski definition) is 2. The minimum absolute atomic E-state index is 0.0271. The van der Waals surface area contributed by atoms with Crippen LogP contribution in [0.25, 0.3) is 0 Å². The van der Waals surface area contributed by atoms with Crippen molar-refractivity contribution in [2.45, 2.75) is 50.4 Å². The lowest BCUT2D eigenvalue weighted by Gasteiger charge is -2.44. The van der Waals surface area contributed by atoms with E-state index in [1.165, 1.54) is 11.0 Å². The average Bonchev–Trinajstić information content (AvgIpc) is 3.00. The minimum atomic E-state index is -0.707. The second kappa shape index (κ2) is 7.63. The number of imide groups is 1. The van der Waals surface area contributed by atoms with Gasteiger partial charge in [-0.15, -0.1) is 0 Å². The van der Waals surface area contributed by atoms with E-state index in [1.54, 1.807) is 6.07 Å². The Morgan fingerprint density at radius 3 is 2.60 bits per heavy atom. The Balaban J connectivity index is 1.24. The Morgan fingerprint density at radius 1 is 1.10 bits per heavy atom. The van der Waals surface area contributed by atoms with Gasteiger partial charge < -0.3 is 15.0 Å². The van der Waals surface area contributed by atoms with Gasteiger partial charge in [-0.3, -0.25) is 24.6 Å². The molecule has 1 aromatic rings. The Kier molecular flexibility index (Phi) is 4.94. The number of carbonyl (C=O) groups is 3. The van der Waals surface area contributed by atoms with Gasteiger partial charge in [0.05, 0.1) is 0 Å². The molecule has 4 aliphatic rings. The summed E-state index contributed by atoms with van der Waals surface area (Å²) in [7, 11) is 0. The highest BCUT2D eigenvalue weighted by molar-refractivity contribution is 6.05. The van der Waals surface area contributed by atoms with Gasteiger partial charge in [0.15, 0.2) is 11.6 Å². The molecule has 1 aliphatic carbocycles. The molecule has 160 valence electrons. The third kappa shape index (κ3) is 3.45. The van der Waals surface area contributed by atoms with Crippen molar-refractivity contribution in [3.8, 4) is 5.75 Å². The predicted octanol–water partition coefficient (Wildman–Crippen LogP) is 0.402. The van der Waals surface area contributed by atoms with E-state index in [1.807, 2.05) is 0 Å². The van der Waals surface area contributed by atoms with Crippen molar-refractivity contribution in [1.29, 1.82) is 0 Å². The number of nitrogens with one attached hydrogen (secondary N) is 2. The first-order valence-electron chi connectivity index (χ1n) is 10.6. The molecule has 3 fully saturated rings. The van der Waals surface area contributed by atoms with Crippen LogP contribution in [0.15, 0.2) is 12.1 Å². The van der Waals surface area contributed by atoms with Crippen molar-refractivity contribution >= 4 is 17.7 Å². The topological polar surface area (TPSA) is 91.0 Å². The molecule has 5 rings (SSSR count). The molecule has 30 heavy (non-hydrogen) atoms. The number of ether oxygens (including phenoxy) is 1. The van der Waals surface area contributed by atoms with Crippen LogP contribution in [-0.2, 0) is 16.1 Å². The fraction of sp³-hybridized carbons (Fsp3) is 0.571. The summed E-state index contributed by atoms with van der Waals surface area (Å²) in [5, 5.41) is 5.61. The van der Waals surface area contributed by atoms with Crippen molar-refractivity contribution in [3.05, 3.63) is 29.1 Å². The maximum Gasteiger partial charge on any atom is 0.255 e. The van der Waals surface area contributed by atoms with Crippen LogP contribution in [-0.4, -0.2) is 71.9 Å². The van der Waals surface area contributed by atoms with Gasteiger partial charge in [0.2, 0.25) is 11.8 Å². The number of fused-ring (bicyclic) bond motifs is 1. The fourth-order valence-corrected chi connectivity index (χ4v) is 4.82. The number of hydrogen-bond acceptors (Lipinski definition) is 6. The van der Waals surface area contributed by atoms with Crippen molar-refractivity contribution < 1.29 is 23.5 Å². The van der Waals surface area contributed by atoms with Gasteiger partial charge >= 0.3 is 0 Å². The molecule has 8 nitrogen and oxygen atoms in total. The van der Waals surface area contributed by atoms with Gasteiger partial charge in [0.25, 0.3) is 5.91 Å². The van der Waals surface area contributed by atoms with Gasteiger partial charge in [-0.05, 0) is 24.1 Å². The highest BCUT2D eigenvalue weighted by Gasteiger charge is 2.40. The SMILES string of the molecule is O=C1CCC(N2Cc3cc(O[C@H]4C[C@H](N5CCNCC5)C4)c(F)cc3C2=O)C(=O)N1. The summed E-state index contributed by atoms with van der Waals surface area (Å²) in [6.45, 7) is 4.27. The zero-order chi connectivity index (χ0) is 20.8. The molecule has 0 radical (unpaired) electrons. The summed E-state index contributed by atoms with van der Waals surface area (Å²) >= 11 is 0. The van der Waals surface area contributed by atoms with Gasteiger partial charge in [0.1, 0.15) is 12.1 Å². The summed E-state index contributed by atoms with van der Waals surface area (Å²) in [5.41, 5.74) is 0.913. The monoisotopic (exact) mass is 416 g/mol. The first-order chi connectivity index (χ1) is 14.5. The van der Waals surface area contributed by atoms with Crippen molar-refractivity contribution in [1.82, 2.24) is 20.4 Å².